The first kappa shape index (κ1) is 16.0. The number of carbonyl (C=O) groups is 1. The van der Waals surface area contributed by atoms with Crippen LogP contribution in [-0.4, -0.2) is 10.9 Å². The second kappa shape index (κ2) is 7.10. The maximum Gasteiger partial charge on any atom is 0.274 e. The molecule has 0 fully saturated rings. The predicted octanol–water partition coefficient (Wildman–Crippen LogP) is 4.87. The Bertz CT molecular complexity index is 868. The number of nitrogens with one attached hydrogen (secondary N) is 2. The quantitative estimate of drug-likeness (QED) is 0.711. The maximum absolute atomic E-state index is 13.5. The zero-order valence-corrected chi connectivity index (χ0v) is 13.2. The third kappa shape index (κ3) is 3.88. The number of benzene rings is 2. The number of pyridine rings is 1. The van der Waals surface area contributed by atoms with E-state index in [1.807, 2.05) is 12.1 Å². The topological polar surface area (TPSA) is 54.0 Å². The summed E-state index contributed by atoms with van der Waals surface area (Å²) in [6, 6.07) is 16.5. The van der Waals surface area contributed by atoms with Gasteiger partial charge in [-0.15, -0.1) is 0 Å². The minimum absolute atomic E-state index is 0.116. The zero-order chi connectivity index (χ0) is 16.9. The van der Waals surface area contributed by atoms with Gasteiger partial charge >= 0.3 is 0 Å². The molecular weight excluding hydrogens is 329 g/mol. The lowest BCUT2D eigenvalue weighted by molar-refractivity contribution is 0.102. The maximum atomic E-state index is 13.5. The van der Waals surface area contributed by atoms with Crippen LogP contribution < -0.4 is 10.6 Å². The van der Waals surface area contributed by atoms with Crippen LogP contribution in [0, 0.1) is 5.82 Å². The molecule has 0 saturated heterocycles. The highest BCUT2D eigenvalue weighted by molar-refractivity contribution is 6.30. The van der Waals surface area contributed by atoms with Gasteiger partial charge in [-0.1, -0.05) is 29.8 Å². The zero-order valence-electron chi connectivity index (χ0n) is 12.5. The Hall–Kier alpha value is -2.92. The van der Waals surface area contributed by atoms with E-state index in [0.717, 1.165) is 5.69 Å². The molecule has 24 heavy (non-hydrogen) atoms. The summed E-state index contributed by atoms with van der Waals surface area (Å²) in [7, 11) is 0. The summed E-state index contributed by atoms with van der Waals surface area (Å²) in [6.45, 7) is 0. The van der Waals surface area contributed by atoms with E-state index in [9.17, 15) is 9.18 Å². The molecule has 0 aliphatic heterocycles. The molecule has 0 aliphatic rings. The first-order valence-corrected chi connectivity index (χ1v) is 7.54. The van der Waals surface area contributed by atoms with Crippen molar-refractivity contribution in [1.82, 2.24) is 4.98 Å². The molecule has 1 heterocycles. The van der Waals surface area contributed by atoms with Crippen molar-refractivity contribution in [3.05, 3.63) is 83.4 Å². The van der Waals surface area contributed by atoms with Crippen LogP contribution in [0.4, 0.5) is 21.5 Å². The summed E-state index contributed by atoms with van der Waals surface area (Å²) in [5.74, 6) is -0.973. The molecule has 4 nitrogen and oxygen atoms in total. The van der Waals surface area contributed by atoms with Gasteiger partial charge in [0, 0.05) is 10.7 Å². The number of anilines is 3. The molecule has 0 spiro atoms. The first-order valence-electron chi connectivity index (χ1n) is 7.16. The van der Waals surface area contributed by atoms with Crippen LogP contribution in [-0.2, 0) is 0 Å². The van der Waals surface area contributed by atoms with Gasteiger partial charge in [0.05, 0.1) is 17.6 Å². The van der Waals surface area contributed by atoms with Crippen molar-refractivity contribution in [2.45, 2.75) is 0 Å². The summed E-state index contributed by atoms with van der Waals surface area (Å²) in [5.41, 5.74) is 1.83. The molecule has 2 N–H and O–H groups in total. The Labute approximate surface area is 143 Å². The molecule has 3 aromatic rings. The molecule has 1 amide bonds. The monoisotopic (exact) mass is 341 g/mol. The summed E-state index contributed by atoms with van der Waals surface area (Å²) < 4.78 is 13.5. The van der Waals surface area contributed by atoms with Gasteiger partial charge in [0.1, 0.15) is 11.5 Å². The molecule has 0 aliphatic carbocycles. The average molecular weight is 342 g/mol. The fourth-order valence-corrected chi connectivity index (χ4v) is 2.27. The molecule has 0 radical (unpaired) electrons. The van der Waals surface area contributed by atoms with Crippen molar-refractivity contribution in [2.24, 2.45) is 0 Å². The molecule has 3 rings (SSSR count). The number of para-hydroxylation sites is 1. The first-order chi connectivity index (χ1) is 11.6. The van der Waals surface area contributed by atoms with Crippen LogP contribution >= 0.6 is 11.6 Å². The van der Waals surface area contributed by atoms with Crippen molar-refractivity contribution in [1.29, 1.82) is 0 Å². The molecule has 2 aromatic carbocycles. The number of halogens is 2. The van der Waals surface area contributed by atoms with E-state index >= 15 is 0 Å². The van der Waals surface area contributed by atoms with Crippen LogP contribution in [0.3, 0.4) is 0 Å². The number of rotatable bonds is 4. The lowest BCUT2D eigenvalue weighted by Gasteiger charge is -2.08. The Kier molecular flexibility index (Phi) is 4.72. The van der Waals surface area contributed by atoms with Crippen LogP contribution in [0.25, 0.3) is 0 Å². The number of carbonyl (C=O) groups excluding carboxylic acids is 1. The SMILES string of the molecule is O=C(Nc1ccccc1F)c1ccc(Nc2cccc(Cl)c2)cn1. The van der Waals surface area contributed by atoms with Gasteiger partial charge in [-0.05, 0) is 42.5 Å². The number of aromatic nitrogens is 1. The predicted molar refractivity (Wildman–Crippen MR) is 93.3 cm³/mol. The normalized spacial score (nSPS) is 10.2. The third-order valence-electron chi connectivity index (χ3n) is 3.23. The highest BCUT2D eigenvalue weighted by Crippen LogP contribution is 2.20. The summed E-state index contributed by atoms with van der Waals surface area (Å²) in [4.78, 5) is 16.2. The van der Waals surface area contributed by atoms with E-state index in [1.165, 1.54) is 18.3 Å². The lowest BCUT2D eigenvalue weighted by atomic mass is 10.2. The van der Waals surface area contributed by atoms with E-state index in [0.29, 0.717) is 10.7 Å². The van der Waals surface area contributed by atoms with Crippen LogP contribution in [0.15, 0.2) is 66.9 Å². The number of hydrogen-bond donors (Lipinski definition) is 2. The van der Waals surface area contributed by atoms with Crippen molar-refractivity contribution in [3.63, 3.8) is 0 Å². The van der Waals surface area contributed by atoms with Gasteiger partial charge in [0.25, 0.3) is 5.91 Å². The van der Waals surface area contributed by atoms with Gasteiger partial charge in [-0.25, -0.2) is 9.37 Å². The van der Waals surface area contributed by atoms with E-state index in [2.05, 4.69) is 15.6 Å². The summed E-state index contributed by atoms with van der Waals surface area (Å²) in [5, 5.41) is 6.24. The van der Waals surface area contributed by atoms with Gasteiger partial charge in [0.15, 0.2) is 0 Å². The van der Waals surface area contributed by atoms with Crippen molar-refractivity contribution >= 4 is 34.6 Å². The van der Waals surface area contributed by atoms with Crippen LogP contribution in [0.1, 0.15) is 10.5 Å². The van der Waals surface area contributed by atoms with Crippen molar-refractivity contribution < 1.29 is 9.18 Å². The van der Waals surface area contributed by atoms with E-state index in [1.54, 1.807) is 36.4 Å². The molecule has 6 heteroatoms. The summed E-state index contributed by atoms with van der Waals surface area (Å²) >= 11 is 5.93. The fraction of sp³-hybridized carbons (Fsp3) is 0. The highest BCUT2D eigenvalue weighted by atomic mass is 35.5. The average Bonchev–Trinajstić information content (AvgIpc) is 2.57. The molecule has 0 unspecified atom stereocenters. The van der Waals surface area contributed by atoms with Gasteiger partial charge in [-0.3, -0.25) is 4.79 Å². The third-order valence-corrected chi connectivity index (χ3v) is 3.47. The van der Waals surface area contributed by atoms with E-state index in [4.69, 9.17) is 11.6 Å². The Morgan fingerprint density at radius 3 is 2.54 bits per heavy atom. The number of amides is 1. The van der Waals surface area contributed by atoms with E-state index < -0.39 is 11.7 Å². The lowest BCUT2D eigenvalue weighted by Crippen LogP contribution is -2.14. The van der Waals surface area contributed by atoms with Crippen molar-refractivity contribution in [3.8, 4) is 0 Å². The minimum Gasteiger partial charge on any atom is -0.354 e. The Morgan fingerprint density at radius 2 is 1.83 bits per heavy atom. The standard InChI is InChI=1S/C18H13ClFN3O/c19-12-4-3-5-13(10-12)22-14-8-9-17(21-11-14)18(24)23-16-7-2-1-6-15(16)20/h1-11,22H,(H,23,24). The highest BCUT2D eigenvalue weighted by Gasteiger charge is 2.10. The fourth-order valence-electron chi connectivity index (χ4n) is 2.08. The molecular formula is C18H13ClFN3O. The smallest absolute Gasteiger partial charge is 0.274 e. The molecule has 0 atom stereocenters. The molecule has 1 aromatic heterocycles. The van der Waals surface area contributed by atoms with Gasteiger partial charge in [-0.2, -0.15) is 0 Å². The summed E-state index contributed by atoms with van der Waals surface area (Å²) in [6.07, 6.45) is 1.52. The van der Waals surface area contributed by atoms with E-state index in [-0.39, 0.29) is 11.4 Å². The molecule has 120 valence electrons. The molecule has 0 saturated carbocycles. The largest absolute Gasteiger partial charge is 0.354 e. The van der Waals surface area contributed by atoms with Gasteiger partial charge < -0.3 is 10.6 Å². The van der Waals surface area contributed by atoms with Crippen LogP contribution in [0.5, 0.6) is 0 Å². The van der Waals surface area contributed by atoms with Crippen LogP contribution in [0.2, 0.25) is 5.02 Å². The number of nitrogens with zero attached hydrogens (tertiary/aromatic N) is 1. The molecule has 0 bridgehead atoms. The Morgan fingerprint density at radius 1 is 1.00 bits per heavy atom. The second-order valence-electron chi connectivity index (χ2n) is 5.00. The van der Waals surface area contributed by atoms with Gasteiger partial charge in [0.2, 0.25) is 0 Å². The Balaban J connectivity index is 1.70. The number of hydrogen-bond acceptors (Lipinski definition) is 3. The minimum atomic E-state index is -0.495. The van der Waals surface area contributed by atoms with Crippen molar-refractivity contribution in [2.75, 3.05) is 10.6 Å². The second-order valence-corrected chi connectivity index (χ2v) is 5.44.